The number of aliphatic hydroxyl groups excluding tert-OH is 1. The zero-order chi connectivity index (χ0) is 12.8. The van der Waals surface area contributed by atoms with Gasteiger partial charge in [-0.25, -0.2) is 0 Å². The second-order valence-electron chi connectivity index (χ2n) is 4.11. The molecule has 2 rings (SSSR count). The number of benzene rings is 2. The summed E-state index contributed by atoms with van der Waals surface area (Å²) in [4.78, 5) is 0. The van der Waals surface area contributed by atoms with Gasteiger partial charge >= 0.3 is 0 Å². The highest BCUT2D eigenvalue weighted by molar-refractivity contribution is 5.28. The maximum absolute atomic E-state index is 8.94. The highest BCUT2D eigenvalue weighted by atomic mass is 16.5. The lowest BCUT2D eigenvalue weighted by Crippen LogP contribution is -1.98. The fraction of sp³-hybridized carbons (Fsp3) is 0.200. The van der Waals surface area contributed by atoms with E-state index in [2.05, 4.69) is 0 Å². The number of hydrogen-bond donors (Lipinski definition) is 2. The van der Waals surface area contributed by atoms with Crippen molar-refractivity contribution in [1.29, 1.82) is 0 Å². The molecule has 0 spiro atoms. The Morgan fingerprint density at radius 2 is 1.39 bits per heavy atom. The van der Waals surface area contributed by atoms with Crippen LogP contribution >= 0.6 is 0 Å². The van der Waals surface area contributed by atoms with Gasteiger partial charge < -0.3 is 15.6 Å². The van der Waals surface area contributed by atoms with Crippen molar-refractivity contribution in [3.63, 3.8) is 0 Å². The second-order valence-corrected chi connectivity index (χ2v) is 4.11. The monoisotopic (exact) mass is 243 g/mol. The van der Waals surface area contributed by atoms with Gasteiger partial charge in [-0.15, -0.1) is 0 Å². The van der Waals surface area contributed by atoms with Crippen molar-refractivity contribution in [2.24, 2.45) is 5.73 Å². The van der Waals surface area contributed by atoms with Crippen molar-refractivity contribution in [2.75, 3.05) is 0 Å². The first kappa shape index (κ1) is 12.6. The zero-order valence-electron chi connectivity index (χ0n) is 10.2. The predicted molar refractivity (Wildman–Crippen MR) is 71.0 cm³/mol. The van der Waals surface area contributed by atoms with Crippen LogP contribution in [0.5, 0.6) is 5.75 Å². The summed E-state index contributed by atoms with van der Waals surface area (Å²) in [6.45, 7) is 1.14. The van der Waals surface area contributed by atoms with E-state index >= 15 is 0 Å². The number of rotatable bonds is 5. The molecule has 0 bridgehead atoms. The van der Waals surface area contributed by atoms with Gasteiger partial charge in [-0.2, -0.15) is 0 Å². The number of hydrogen-bond acceptors (Lipinski definition) is 3. The molecule has 0 aliphatic heterocycles. The Kier molecular flexibility index (Phi) is 4.34. The summed E-state index contributed by atoms with van der Waals surface area (Å²) in [7, 11) is 0. The van der Waals surface area contributed by atoms with Crippen LogP contribution in [0.3, 0.4) is 0 Å². The molecule has 3 N–H and O–H groups in total. The van der Waals surface area contributed by atoms with E-state index in [1.807, 2.05) is 48.5 Å². The molecule has 0 aromatic heterocycles. The quantitative estimate of drug-likeness (QED) is 0.846. The lowest BCUT2D eigenvalue weighted by atomic mass is 10.1. The van der Waals surface area contributed by atoms with Gasteiger partial charge in [0.15, 0.2) is 0 Å². The van der Waals surface area contributed by atoms with Crippen LogP contribution in [0.1, 0.15) is 16.7 Å². The van der Waals surface area contributed by atoms with Crippen LogP contribution in [0.2, 0.25) is 0 Å². The van der Waals surface area contributed by atoms with E-state index in [0.717, 1.165) is 22.4 Å². The lowest BCUT2D eigenvalue weighted by Gasteiger charge is -2.07. The maximum Gasteiger partial charge on any atom is 0.119 e. The zero-order valence-corrected chi connectivity index (χ0v) is 10.2. The summed E-state index contributed by atoms with van der Waals surface area (Å²) in [5.41, 5.74) is 8.61. The van der Waals surface area contributed by atoms with E-state index in [1.54, 1.807) is 0 Å². The largest absolute Gasteiger partial charge is 0.489 e. The van der Waals surface area contributed by atoms with Gasteiger partial charge in [0.1, 0.15) is 12.4 Å². The predicted octanol–water partition coefficient (Wildman–Crippen LogP) is 2.22. The van der Waals surface area contributed by atoms with Crippen molar-refractivity contribution in [2.45, 2.75) is 19.8 Å². The summed E-state index contributed by atoms with van der Waals surface area (Å²) in [5, 5.41) is 8.94. The molecule has 0 amide bonds. The van der Waals surface area contributed by atoms with E-state index < -0.39 is 0 Å². The average Bonchev–Trinajstić information content (AvgIpc) is 2.46. The van der Waals surface area contributed by atoms with E-state index in [0.29, 0.717) is 13.2 Å². The van der Waals surface area contributed by atoms with Crippen molar-refractivity contribution >= 4 is 0 Å². The molecule has 3 heteroatoms. The standard InChI is InChI=1S/C15H17NO2/c16-9-12-5-7-15(8-6-12)18-11-14-3-1-13(10-17)2-4-14/h1-8,17H,9-11,16H2. The Morgan fingerprint density at radius 1 is 0.833 bits per heavy atom. The number of nitrogens with two attached hydrogens (primary N) is 1. The minimum Gasteiger partial charge on any atom is -0.489 e. The Balaban J connectivity index is 1.93. The minimum absolute atomic E-state index is 0.0711. The molecule has 0 atom stereocenters. The smallest absolute Gasteiger partial charge is 0.119 e. The first-order chi connectivity index (χ1) is 8.81. The summed E-state index contributed by atoms with van der Waals surface area (Å²) < 4.78 is 5.66. The van der Waals surface area contributed by atoms with E-state index in [9.17, 15) is 0 Å². The molecular formula is C15H17NO2. The summed E-state index contributed by atoms with van der Waals surface area (Å²) >= 11 is 0. The fourth-order valence-electron chi connectivity index (χ4n) is 1.63. The number of ether oxygens (including phenoxy) is 1. The molecule has 2 aromatic rings. The fourth-order valence-corrected chi connectivity index (χ4v) is 1.63. The highest BCUT2D eigenvalue weighted by Gasteiger charge is 1.97. The Labute approximate surface area is 107 Å². The Morgan fingerprint density at radius 3 is 1.94 bits per heavy atom. The molecule has 0 heterocycles. The van der Waals surface area contributed by atoms with Gasteiger partial charge in [0.25, 0.3) is 0 Å². The van der Waals surface area contributed by atoms with Gasteiger partial charge in [-0.05, 0) is 28.8 Å². The molecule has 0 radical (unpaired) electrons. The molecule has 0 saturated carbocycles. The third-order valence-electron chi connectivity index (χ3n) is 2.77. The lowest BCUT2D eigenvalue weighted by molar-refractivity contribution is 0.281. The Bertz CT molecular complexity index is 429. The van der Waals surface area contributed by atoms with Crippen molar-refractivity contribution in [3.8, 4) is 5.75 Å². The maximum atomic E-state index is 8.94. The van der Waals surface area contributed by atoms with Crippen molar-refractivity contribution < 1.29 is 9.84 Å². The van der Waals surface area contributed by atoms with Gasteiger partial charge in [-0.1, -0.05) is 36.4 Å². The van der Waals surface area contributed by atoms with Crippen LogP contribution in [0.15, 0.2) is 48.5 Å². The Hall–Kier alpha value is -1.84. The second kappa shape index (κ2) is 6.19. The molecule has 2 aromatic carbocycles. The normalized spacial score (nSPS) is 10.3. The summed E-state index contributed by atoms with van der Waals surface area (Å²) in [5.74, 6) is 0.832. The molecular weight excluding hydrogens is 226 g/mol. The first-order valence-corrected chi connectivity index (χ1v) is 5.92. The van der Waals surface area contributed by atoms with Crippen LogP contribution in [0.4, 0.5) is 0 Å². The average molecular weight is 243 g/mol. The molecule has 0 aliphatic carbocycles. The van der Waals surface area contributed by atoms with Crippen LogP contribution in [0, 0.1) is 0 Å². The SMILES string of the molecule is NCc1ccc(OCc2ccc(CO)cc2)cc1. The first-order valence-electron chi connectivity index (χ1n) is 5.92. The van der Waals surface area contributed by atoms with Crippen LogP contribution in [-0.2, 0) is 19.8 Å². The molecule has 94 valence electrons. The van der Waals surface area contributed by atoms with E-state index in [1.165, 1.54) is 0 Å². The van der Waals surface area contributed by atoms with Gasteiger partial charge in [0.05, 0.1) is 6.61 Å². The molecule has 0 fully saturated rings. The minimum atomic E-state index is 0.0711. The molecule has 3 nitrogen and oxygen atoms in total. The third-order valence-corrected chi connectivity index (χ3v) is 2.77. The molecule has 18 heavy (non-hydrogen) atoms. The van der Waals surface area contributed by atoms with Crippen molar-refractivity contribution in [3.05, 3.63) is 65.2 Å². The van der Waals surface area contributed by atoms with Gasteiger partial charge in [-0.3, -0.25) is 0 Å². The van der Waals surface area contributed by atoms with Crippen molar-refractivity contribution in [1.82, 2.24) is 0 Å². The molecule has 0 unspecified atom stereocenters. The topological polar surface area (TPSA) is 55.5 Å². The van der Waals surface area contributed by atoms with Gasteiger partial charge in [0.2, 0.25) is 0 Å². The summed E-state index contributed by atoms with van der Waals surface area (Å²) in [6, 6.07) is 15.5. The molecule has 0 saturated heterocycles. The molecule has 0 aliphatic rings. The third kappa shape index (κ3) is 3.32. The van der Waals surface area contributed by atoms with Crippen LogP contribution < -0.4 is 10.5 Å². The van der Waals surface area contributed by atoms with Crippen LogP contribution in [0.25, 0.3) is 0 Å². The van der Waals surface area contributed by atoms with Gasteiger partial charge in [0, 0.05) is 6.54 Å². The van der Waals surface area contributed by atoms with Crippen LogP contribution in [-0.4, -0.2) is 5.11 Å². The number of aliphatic hydroxyl groups is 1. The van der Waals surface area contributed by atoms with E-state index in [-0.39, 0.29) is 6.61 Å². The highest BCUT2D eigenvalue weighted by Crippen LogP contribution is 2.14. The van der Waals surface area contributed by atoms with E-state index in [4.69, 9.17) is 15.6 Å². The summed E-state index contributed by atoms with van der Waals surface area (Å²) in [6.07, 6.45) is 0.